The Morgan fingerprint density at radius 3 is 2.38 bits per heavy atom. The van der Waals surface area contributed by atoms with Crippen molar-refractivity contribution in [3.63, 3.8) is 0 Å². The van der Waals surface area contributed by atoms with Crippen LogP contribution in [0, 0.1) is 0 Å². The zero-order valence-corrected chi connectivity index (χ0v) is 10.1. The Bertz CT molecular complexity index is 284. The Labute approximate surface area is 97.6 Å². The summed E-state index contributed by atoms with van der Waals surface area (Å²) in [6.07, 6.45) is 0.949. The van der Waals surface area contributed by atoms with Gasteiger partial charge in [-0.2, -0.15) is 0 Å². The van der Waals surface area contributed by atoms with Crippen LogP contribution in [0.25, 0.3) is 0 Å². The van der Waals surface area contributed by atoms with Crippen LogP contribution in [-0.2, 0) is 4.74 Å². The van der Waals surface area contributed by atoms with Crippen molar-refractivity contribution in [2.24, 2.45) is 5.73 Å². The smallest absolute Gasteiger partial charge is 0.119 e. The highest BCUT2D eigenvalue weighted by molar-refractivity contribution is 5.28. The molecule has 1 unspecified atom stereocenters. The van der Waals surface area contributed by atoms with Gasteiger partial charge in [-0.25, -0.2) is 0 Å². The van der Waals surface area contributed by atoms with Gasteiger partial charge in [0.15, 0.2) is 0 Å². The largest absolute Gasteiger partial charge is 0.491 e. The average molecular weight is 223 g/mol. The van der Waals surface area contributed by atoms with Gasteiger partial charge in [0.1, 0.15) is 12.4 Å². The molecule has 0 heterocycles. The van der Waals surface area contributed by atoms with E-state index in [2.05, 4.69) is 6.92 Å². The van der Waals surface area contributed by atoms with Crippen LogP contribution in [0.4, 0.5) is 0 Å². The van der Waals surface area contributed by atoms with Crippen LogP contribution in [0.5, 0.6) is 5.75 Å². The minimum absolute atomic E-state index is 0.123. The van der Waals surface area contributed by atoms with Crippen LogP contribution >= 0.6 is 0 Å². The first-order chi connectivity index (χ1) is 7.77. The molecule has 0 fully saturated rings. The molecule has 3 nitrogen and oxygen atoms in total. The first kappa shape index (κ1) is 13.0. The first-order valence-corrected chi connectivity index (χ1v) is 5.84. The van der Waals surface area contributed by atoms with Crippen LogP contribution in [0.15, 0.2) is 24.3 Å². The number of hydrogen-bond acceptors (Lipinski definition) is 3. The standard InChI is InChI=1S/C13H21NO2/c1-3-13(14)11-5-7-12(8-6-11)16-10-9-15-4-2/h5-8,13H,3-4,9-10,14H2,1-2H3. The van der Waals surface area contributed by atoms with E-state index in [-0.39, 0.29) is 6.04 Å². The molecule has 1 aromatic carbocycles. The second kappa shape index (κ2) is 7.25. The average Bonchev–Trinajstić information content (AvgIpc) is 2.34. The van der Waals surface area contributed by atoms with Crippen LogP contribution < -0.4 is 10.5 Å². The summed E-state index contributed by atoms with van der Waals surface area (Å²) in [5.41, 5.74) is 7.08. The second-order valence-electron chi connectivity index (χ2n) is 3.63. The molecule has 0 aliphatic carbocycles. The SMILES string of the molecule is CCOCCOc1ccc(C(N)CC)cc1. The Hall–Kier alpha value is -1.06. The van der Waals surface area contributed by atoms with Crippen LogP contribution in [0.1, 0.15) is 31.9 Å². The lowest BCUT2D eigenvalue weighted by Gasteiger charge is -2.10. The van der Waals surface area contributed by atoms with Gasteiger partial charge in [0.05, 0.1) is 6.61 Å². The van der Waals surface area contributed by atoms with E-state index >= 15 is 0 Å². The third-order valence-corrected chi connectivity index (χ3v) is 2.45. The summed E-state index contributed by atoms with van der Waals surface area (Å²) < 4.78 is 10.7. The maximum Gasteiger partial charge on any atom is 0.119 e. The van der Waals surface area contributed by atoms with Crippen LogP contribution in [-0.4, -0.2) is 19.8 Å². The Balaban J connectivity index is 2.39. The van der Waals surface area contributed by atoms with Gasteiger partial charge >= 0.3 is 0 Å². The summed E-state index contributed by atoms with van der Waals surface area (Å²) in [7, 11) is 0. The van der Waals surface area contributed by atoms with Crippen molar-refractivity contribution in [2.75, 3.05) is 19.8 Å². The Morgan fingerprint density at radius 2 is 1.81 bits per heavy atom. The fraction of sp³-hybridized carbons (Fsp3) is 0.538. The van der Waals surface area contributed by atoms with Gasteiger partial charge in [0.25, 0.3) is 0 Å². The van der Waals surface area contributed by atoms with E-state index < -0.39 is 0 Å². The van der Waals surface area contributed by atoms with Crippen molar-refractivity contribution in [2.45, 2.75) is 26.3 Å². The van der Waals surface area contributed by atoms with E-state index in [1.165, 1.54) is 0 Å². The molecule has 0 aliphatic heterocycles. The van der Waals surface area contributed by atoms with Gasteiger partial charge < -0.3 is 15.2 Å². The van der Waals surface area contributed by atoms with Gasteiger partial charge in [-0.05, 0) is 31.0 Å². The molecule has 0 spiro atoms. The number of benzene rings is 1. The number of ether oxygens (including phenoxy) is 2. The normalized spacial score (nSPS) is 12.4. The number of nitrogens with two attached hydrogens (primary N) is 1. The van der Waals surface area contributed by atoms with E-state index in [0.29, 0.717) is 13.2 Å². The zero-order chi connectivity index (χ0) is 11.8. The summed E-state index contributed by atoms with van der Waals surface area (Å²) in [5.74, 6) is 0.867. The highest BCUT2D eigenvalue weighted by atomic mass is 16.5. The summed E-state index contributed by atoms with van der Waals surface area (Å²) >= 11 is 0. The van der Waals surface area contributed by atoms with Crippen molar-refractivity contribution in [3.8, 4) is 5.75 Å². The zero-order valence-electron chi connectivity index (χ0n) is 10.1. The Morgan fingerprint density at radius 1 is 1.12 bits per heavy atom. The summed E-state index contributed by atoms with van der Waals surface area (Å²) in [6, 6.07) is 8.07. The highest BCUT2D eigenvalue weighted by Crippen LogP contribution is 2.18. The fourth-order valence-corrected chi connectivity index (χ4v) is 1.41. The molecule has 0 saturated heterocycles. The predicted molar refractivity (Wildman–Crippen MR) is 65.6 cm³/mol. The summed E-state index contributed by atoms with van der Waals surface area (Å²) in [4.78, 5) is 0. The van der Waals surface area contributed by atoms with E-state index in [0.717, 1.165) is 24.3 Å². The van der Waals surface area contributed by atoms with Crippen LogP contribution in [0.3, 0.4) is 0 Å². The Kier molecular flexibility index (Phi) is 5.90. The number of rotatable bonds is 7. The monoisotopic (exact) mass is 223 g/mol. The molecule has 0 amide bonds. The van der Waals surface area contributed by atoms with Crippen molar-refractivity contribution >= 4 is 0 Å². The maximum absolute atomic E-state index is 5.92. The fourth-order valence-electron chi connectivity index (χ4n) is 1.41. The topological polar surface area (TPSA) is 44.5 Å². The van der Waals surface area contributed by atoms with E-state index in [9.17, 15) is 0 Å². The van der Waals surface area contributed by atoms with E-state index in [1.54, 1.807) is 0 Å². The predicted octanol–water partition coefficient (Wildman–Crippen LogP) is 2.51. The minimum atomic E-state index is 0.123. The van der Waals surface area contributed by atoms with Gasteiger partial charge in [0.2, 0.25) is 0 Å². The maximum atomic E-state index is 5.92. The molecular formula is C13H21NO2. The third kappa shape index (κ3) is 4.21. The molecule has 0 radical (unpaired) electrons. The molecule has 90 valence electrons. The van der Waals surface area contributed by atoms with Gasteiger partial charge in [0, 0.05) is 12.6 Å². The van der Waals surface area contributed by atoms with Crippen molar-refractivity contribution in [3.05, 3.63) is 29.8 Å². The van der Waals surface area contributed by atoms with Crippen LogP contribution in [0.2, 0.25) is 0 Å². The molecule has 0 bridgehead atoms. The third-order valence-electron chi connectivity index (χ3n) is 2.45. The van der Waals surface area contributed by atoms with Gasteiger partial charge in [-0.15, -0.1) is 0 Å². The van der Waals surface area contributed by atoms with E-state index in [1.807, 2.05) is 31.2 Å². The molecule has 0 saturated carbocycles. The first-order valence-electron chi connectivity index (χ1n) is 5.84. The van der Waals surface area contributed by atoms with Crippen molar-refractivity contribution < 1.29 is 9.47 Å². The van der Waals surface area contributed by atoms with Gasteiger partial charge in [-0.3, -0.25) is 0 Å². The van der Waals surface area contributed by atoms with E-state index in [4.69, 9.17) is 15.2 Å². The quantitative estimate of drug-likeness (QED) is 0.722. The lowest BCUT2D eigenvalue weighted by atomic mass is 10.1. The molecular weight excluding hydrogens is 202 g/mol. The second-order valence-corrected chi connectivity index (χ2v) is 3.63. The molecule has 0 aromatic heterocycles. The molecule has 1 rings (SSSR count). The summed E-state index contributed by atoms with van der Waals surface area (Å²) in [6.45, 7) is 6.01. The lowest BCUT2D eigenvalue weighted by Crippen LogP contribution is -2.09. The summed E-state index contributed by atoms with van der Waals surface area (Å²) in [5, 5.41) is 0. The molecule has 16 heavy (non-hydrogen) atoms. The van der Waals surface area contributed by atoms with Crippen molar-refractivity contribution in [1.29, 1.82) is 0 Å². The molecule has 0 aliphatic rings. The molecule has 1 atom stereocenters. The molecule has 3 heteroatoms. The number of hydrogen-bond donors (Lipinski definition) is 1. The lowest BCUT2D eigenvalue weighted by molar-refractivity contribution is 0.110. The minimum Gasteiger partial charge on any atom is -0.491 e. The molecule has 2 N–H and O–H groups in total. The van der Waals surface area contributed by atoms with Crippen molar-refractivity contribution in [1.82, 2.24) is 0 Å². The highest BCUT2D eigenvalue weighted by Gasteiger charge is 2.02. The van der Waals surface area contributed by atoms with Gasteiger partial charge in [-0.1, -0.05) is 19.1 Å². The molecule has 1 aromatic rings.